The van der Waals surface area contributed by atoms with Crippen LogP contribution in [0.3, 0.4) is 0 Å². The normalized spacial score (nSPS) is 12.6. The Morgan fingerprint density at radius 3 is 2.58 bits per heavy atom. The standard InChI is InChI=1S/C14H20N2O3/c1-10(17)12(8-11-6-5-7-15-9-11)16-13(18)19-14(2,3)4/h5-7,9,12H,8H2,1-4H3,(H,16,18). The van der Waals surface area contributed by atoms with Gasteiger partial charge in [-0.15, -0.1) is 0 Å². The van der Waals surface area contributed by atoms with Gasteiger partial charge >= 0.3 is 6.09 Å². The van der Waals surface area contributed by atoms with Crippen molar-refractivity contribution in [3.05, 3.63) is 30.1 Å². The van der Waals surface area contributed by atoms with Crippen molar-refractivity contribution in [2.24, 2.45) is 0 Å². The Hall–Kier alpha value is -1.91. The van der Waals surface area contributed by atoms with Crippen LogP contribution in [0, 0.1) is 0 Å². The van der Waals surface area contributed by atoms with E-state index < -0.39 is 17.7 Å². The molecule has 0 bridgehead atoms. The average Bonchev–Trinajstić information content (AvgIpc) is 2.26. The molecule has 1 amide bonds. The summed E-state index contributed by atoms with van der Waals surface area (Å²) in [7, 11) is 0. The van der Waals surface area contributed by atoms with E-state index in [9.17, 15) is 9.59 Å². The zero-order valence-electron chi connectivity index (χ0n) is 11.8. The van der Waals surface area contributed by atoms with Gasteiger partial charge in [0.1, 0.15) is 5.60 Å². The van der Waals surface area contributed by atoms with Gasteiger partial charge in [0.25, 0.3) is 0 Å². The fourth-order valence-corrected chi connectivity index (χ4v) is 1.50. The van der Waals surface area contributed by atoms with Crippen molar-refractivity contribution >= 4 is 11.9 Å². The molecule has 0 saturated carbocycles. The number of pyridine rings is 1. The van der Waals surface area contributed by atoms with E-state index in [0.29, 0.717) is 6.42 Å². The number of aromatic nitrogens is 1. The third-order valence-corrected chi connectivity index (χ3v) is 2.34. The molecule has 1 atom stereocenters. The van der Waals surface area contributed by atoms with Gasteiger partial charge < -0.3 is 10.1 Å². The van der Waals surface area contributed by atoms with Crippen molar-refractivity contribution in [3.8, 4) is 0 Å². The van der Waals surface area contributed by atoms with E-state index in [4.69, 9.17) is 4.74 Å². The van der Waals surface area contributed by atoms with E-state index in [1.807, 2.05) is 6.07 Å². The first-order valence-electron chi connectivity index (χ1n) is 6.17. The number of ether oxygens (including phenoxy) is 1. The molecule has 1 heterocycles. The molecule has 1 aromatic heterocycles. The summed E-state index contributed by atoms with van der Waals surface area (Å²) >= 11 is 0. The molecule has 1 N–H and O–H groups in total. The SMILES string of the molecule is CC(=O)C(Cc1cccnc1)NC(=O)OC(C)(C)C. The largest absolute Gasteiger partial charge is 0.444 e. The van der Waals surface area contributed by atoms with Gasteiger partial charge in [-0.1, -0.05) is 6.07 Å². The molecule has 0 aliphatic rings. The number of hydrogen-bond acceptors (Lipinski definition) is 4. The van der Waals surface area contributed by atoms with Crippen LogP contribution < -0.4 is 5.32 Å². The van der Waals surface area contributed by atoms with E-state index in [1.165, 1.54) is 6.92 Å². The number of rotatable bonds is 4. The lowest BCUT2D eigenvalue weighted by Gasteiger charge is -2.22. The summed E-state index contributed by atoms with van der Waals surface area (Å²) in [5, 5.41) is 2.58. The van der Waals surface area contributed by atoms with Crippen molar-refractivity contribution in [3.63, 3.8) is 0 Å². The van der Waals surface area contributed by atoms with Crippen LogP contribution in [0.15, 0.2) is 24.5 Å². The number of nitrogens with zero attached hydrogens (tertiary/aromatic N) is 1. The van der Waals surface area contributed by atoms with Gasteiger partial charge in [0, 0.05) is 18.8 Å². The minimum absolute atomic E-state index is 0.116. The summed E-state index contributed by atoms with van der Waals surface area (Å²) in [5.41, 5.74) is 0.304. The predicted octanol–water partition coefficient (Wildman–Crippen LogP) is 2.11. The highest BCUT2D eigenvalue weighted by Crippen LogP contribution is 2.08. The summed E-state index contributed by atoms with van der Waals surface area (Å²) in [6, 6.07) is 3.05. The highest BCUT2D eigenvalue weighted by Gasteiger charge is 2.22. The Bertz CT molecular complexity index is 438. The van der Waals surface area contributed by atoms with Gasteiger partial charge in [-0.05, 0) is 39.3 Å². The lowest BCUT2D eigenvalue weighted by Crippen LogP contribution is -2.43. The second-order valence-electron chi connectivity index (χ2n) is 5.37. The number of alkyl carbamates (subject to hydrolysis) is 1. The van der Waals surface area contributed by atoms with Crippen LogP contribution in [0.25, 0.3) is 0 Å². The van der Waals surface area contributed by atoms with E-state index in [0.717, 1.165) is 5.56 Å². The highest BCUT2D eigenvalue weighted by molar-refractivity contribution is 5.85. The van der Waals surface area contributed by atoms with E-state index in [-0.39, 0.29) is 5.78 Å². The third kappa shape index (κ3) is 5.99. The Balaban J connectivity index is 2.64. The Labute approximate surface area is 113 Å². The number of carbonyl (C=O) groups excluding carboxylic acids is 2. The van der Waals surface area contributed by atoms with E-state index >= 15 is 0 Å². The third-order valence-electron chi connectivity index (χ3n) is 2.34. The number of amides is 1. The Morgan fingerprint density at radius 1 is 1.42 bits per heavy atom. The lowest BCUT2D eigenvalue weighted by molar-refractivity contribution is -0.119. The molecule has 104 valence electrons. The Kier molecular flexibility index (Phi) is 5.03. The monoisotopic (exact) mass is 264 g/mol. The van der Waals surface area contributed by atoms with Crippen molar-refractivity contribution in [2.45, 2.75) is 45.8 Å². The van der Waals surface area contributed by atoms with Crippen molar-refractivity contribution in [1.29, 1.82) is 0 Å². The second-order valence-corrected chi connectivity index (χ2v) is 5.37. The highest BCUT2D eigenvalue weighted by atomic mass is 16.6. The predicted molar refractivity (Wildman–Crippen MR) is 71.8 cm³/mol. The van der Waals surface area contributed by atoms with Crippen molar-refractivity contribution in [2.75, 3.05) is 0 Å². The van der Waals surface area contributed by atoms with Crippen molar-refractivity contribution < 1.29 is 14.3 Å². The topological polar surface area (TPSA) is 68.3 Å². The number of hydrogen-bond donors (Lipinski definition) is 1. The van der Waals surface area contributed by atoms with Crippen LogP contribution in [0.2, 0.25) is 0 Å². The number of nitrogens with one attached hydrogen (secondary N) is 1. The van der Waals surface area contributed by atoms with Gasteiger partial charge in [-0.25, -0.2) is 4.79 Å². The number of ketones is 1. The zero-order valence-corrected chi connectivity index (χ0v) is 11.8. The van der Waals surface area contributed by atoms with Gasteiger partial charge in [-0.2, -0.15) is 0 Å². The van der Waals surface area contributed by atoms with Crippen LogP contribution in [0.4, 0.5) is 4.79 Å². The number of carbonyl (C=O) groups is 2. The first-order chi connectivity index (χ1) is 8.78. The van der Waals surface area contributed by atoms with Crippen LogP contribution in [0.1, 0.15) is 33.3 Å². The maximum atomic E-state index is 11.7. The van der Waals surface area contributed by atoms with Crippen LogP contribution in [0.5, 0.6) is 0 Å². The first-order valence-corrected chi connectivity index (χ1v) is 6.17. The molecule has 0 radical (unpaired) electrons. The van der Waals surface area contributed by atoms with Gasteiger partial charge in [0.2, 0.25) is 0 Å². The summed E-state index contributed by atoms with van der Waals surface area (Å²) in [6.45, 7) is 6.77. The molecule has 0 spiro atoms. The molecule has 1 rings (SSSR count). The van der Waals surface area contributed by atoms with E-state index in [2.05, 4.69) is 10.3 Å². The smallest absolute Gasteiger partial charge is 0.408 e. The molecular weight excluding hydrogens is 244 g/mol. The molecule has 0 saturated heterocycles. The second kappa shape index (κ2) is 6.31. The number of Topliss-reactive ketones (excluding diaryl/α,β-unsaturated/α-hetero) is 1. The maximum Gasteiger partial charge on any atom is 0.408 e. The summed E-state index contributed by atoms with van der Waals surface area (Å²) in [4.78, 5) is 27.2. The van der Waals surface area contributed by atoms with Gasteiger partial charge in [-0.3, -0.25) is 9.78 Å². The Morgan fingerprint density at radius 2 is 2.11 bits per heavy atom. The van der Waals surface area contributed by atoms with Crippen LogP contribution in [-0.2, 0) is 16.0 Å². The van der Waals surface area contributed by atoms with Crippen LogP contribution >= 0.6 is 0 Å². The fourth-order valence-electron chi connectivity index (χ4n) is 1.50. The fraction of sp³-hybridized carbons (Fsp3) is 0.500. The van der Waals surface area contributed by atoms with Gasteiger partial charge in [0.15, 0.2) is 5.78 Å². The lowest BCUT2D eigenvalue weighted by atomic mass is 10.1. The molecule has 5 heteroatoms. The molecule has 0 aromatic carbocycles. The summed E-state index contributed by atoms with van der Waals surface area (Å²) in [5.74, 6) is -0.116. The zero-order chi connectivity index (χ0) is 14.5. The molecule has 19 heavy (non-hydrogen) atoms. The molecule has 0 aliphatic carbocycles. The van der Waals surface area contributed by atoms with Gasteiger partial charge in [0.05, 0.1) is 6.04 Å². The summed E-state index contributed by atoms with van der Waals surface area (Å²) < 4.78 is 5.14. The molecule has 1 unspecified atom stereocenters. The van der Waals surface area contributed by atoms with E-state index in [1.54, 1.807) is 39.2 Å². The average molecular weight is 264 g/mol. The maximum absolute atomic E-state index is 11.7. The molecule has 0 fully saturated rings. The minimum atomic E-state index is -0.598. The minimum Gasteiger partial charge on any atom is -0.444 e. The molecule has 1 aromatic rings. The molecule has 5 nitrogen and oxygen atoms in total. The molecular formula is C14H20N2O3. The van der Waals surface area contributed by atoms with Crippen LogP contribution in [-0.4, -0.2) is 28.5 Å². The quantitative estimate of drug-likeness (QED) is 0.904. The van der Waals surface area contributed by atoms with Crippen molar-refractivity contribution in [1.82, 2.24) is 10.3 Å². The molecule has 0 aliphatic heterocycles. The first kappa shape index (κ1) is 15.1. The summed E-state index contributed by atoms with van der Waals surface area (Å²) in [6.07, 6.45) is 3.15.